The van der Waals surface area contributed by atoms with Gasteiger partial charge >= 0.3 is 6.03 Å². The number of amides is 2. The number of ether oxygens (including phenoxy) is 2. The normalized spacial score (nSPS) is 14.9. The fourth-order valence-electron chi connectivity index (χ4n) is 2.27. The predicted molar refractivity (Wildman–Crippen MR) is 81.8 cm³/mol. The molecule has 1 aromatic rings. The molecule has 6 nitrogen and oxygen atoms in total. The number of urea groups is 1. The third-order valence-corrected chi connectivity index (χ3v) is 3.48. The van der Waals surface area contributed by atoms with E-state index in [2.05, 4.69) is 0 Å². The molecule has 0 saturated carbocycles. The van der Waals surface area contributed by atoms with E-state index in [1.54, 1.807) is 12.0 Å². The van der Waals surface area contributed by atoms with E-state index in [0.717, 1.165) is 17.9 Å². The summed E-state index contributed by atoms with van der Waals surface area (Å²) in [6, 6.07) is 7.52. The predicted octanol–water partition coefficient (Wildman–Crippen LogP) is 1.30. The Balaban J connectivity index is 2.13. The highest BCUT2D eigenvalue weighted by atomic mass is 16.5. The van der Waals surface area contributed by atoms with Gasteiger partial charge in [0.2, 0.25) is 0 Å². The maximum Gasteiger partial charge on any atom is 0.324 e. The van der Waals surface area contributed by atoms with Crippen molar-refractivity contribution in [3.63, 3.8) is 0 Å². The first-order chi connectivity index (χ1) is 10.3. The molecule has 6 heteroatoms. The minimum Gasteiger partial charge on any atom is -0.497 e. The molecule has 0 spiro atoms. The van der Waals surface area contributed by atoms with Crippen LogP contribution in [0.2, 0.25) is 0 Å². The fraction of sp³-hybridized carbons (Fsp3) is 0.533. The second kappa shape index (κ2) is 7.85. The second-order valence-electron chi connectivity index (χ2n) is 4.87. The highest BCUT2D eigenvalue weighted by Crippen LogP contribution is 2.21. The lowest BCUT2D eigenvalue weighted by Gasteiger charge is -2.33. The number of benzene rings is 1. The molecule has 0 radical (unpaired) electrons. The molecule has 1 fully saturated rings. The van der Waals surface area contributed by atoms with E-state index >= 15 is 0 Å². The zero-order chi connectivity index (χ0) is 15.1. The Morgan fingerprint density at radius 3 is 2.57 bits per heavy atom. The number of carbonyl (C=O) groups excluding carboxylic acids is 1. The zero-order valence-corrected chi connectivity index (χ0v) is 12.5. The number of morpholine rings is 1. The molecule has 0 aromatic heterocycles. The van der Waals surface area contributed by atoms with Crippen molar-refractivity contribution in [2.45, 2.75) is 6.42 Å². The van der Waals surface area contributed by atoms with Crippen LogP contribution in [0.3, 0.4) is 0 Å². The Morgan fingerprint density at radius 1 is 1.33 bits per heavy atom. The minimum atomic E-state index is 0.0110. The quantitative estimate of drug-likeness (QED) is 0.888. The molecule has 0 unspecified atom stereocenters. The molecule has 21 heavy (non-hydrogen) atoms. The molecule has 1 heterocycles. The first kappa shape index (κ1) is 15.6. The summed E-state index contributed by atoms with van der Waals surface area (Å²) in [5, 5.41) is 0. The number of anilines is 1. The van der Waals surface area contributed by atoms with Crippen LogP contribution in [0.5, 0.6) is 5.75 Å². The van der Waals surface area contributed by atoms with E-state index in [4.69, 9.17) is 15.2 Å². The Morgan fingerprint density at radius 2 is 2.00 bits per heavy atom. The number of nitrogens with zero attached hydrogens (tertiary/aromatic N) is 2. The minimum absolute atomic E-state index is 0.0110. The van der Waals surface area contributed by atoms with Gasteiger partial charge in [-0.15, -0.1) is 0 Å². The van der Waals surface area contributed by atoms with Crippen LogP contribution in [0.1, 0.15) is 6.42 Å². The van der Waals surface area contributed by atoms with Gasteiger partial charge in [-0.05, 0) is 37.2 Å². The monoisotopic (exact) mass is 293 g/mol. The maximum atomic E-state index is 12.7. The van der Waals surface area contributed by atoms with E-state index in [1.807, 2.05) is 29.2 Å². The Labute approximate surface area is 125 Å². The molecule has 116 valence electrons. The SMILES string of the molecule is COc1ccc(N(CCCN)C(=O)N2CCOCC2)cc1. The van der Waals surface area contributed by atoms with Crippen molar-refractivity contribution in [3.8, 4) is 5.75 Å². The van der Waals surface area contributed by atoms with Gasteiger partial charge in [-0.1, -0.05) is 0 Å². The summed E-state index contributed by atoms with van der Waals surface area (Å²) in [6.45, 7) is 3.63. The highest BCUT2D eigenvalue weighted by molar-refractivity contribution is 5.92. The highest BCUT2D eigenvalue weighted by Gasteiger charge is 2.23. The topological polar surface area (TPSA) is 68.0 Å². The van der Waals surface area contributed by atoms with E-state index in [1.165, 1.54) is 0 Å². The number of hydrogen-bond acceptors (Lipinski definition) is 4. The van der Waals surface area contributed by atoms with Gasteiger partial charge in [-0.3, -0.25) is 4.90 Å². The maximum absolute atomic E-state index is 12.7. The molecular formula is C15H23N3O3. The van der Waals surface area contributed by atoms with Gasteiger partial charge in [-0.25, -0.2) is 4.79 Å². The van der Waals surface area contributed by atoms with Crippen molar-refractivity contribution in [2.24, 2.45) is 5.73 Å². The van der Waals surface area contributed by atoms with Crippen molar-refractivity contribution in [3.05, 3.63) is 24.3 Å². The van der Waals surface area contributed by atoms with Gasteiger partial charge in [0.1, 0.15) is 5.75 Å². The molecule has 1 aliphatic rings. The molecule has 0 aliphatic carbocycles. The Kier molecular flexibility index (Phi) is 5.83. The van der Waals surface area contributed by atoms with Crippen LogP contribution < -0.4 is 15.4 Å². The number of hydrogen-bond donors (Lipinski definition) is 1. The fourth-order valence-corrected chi connectivity index (χ4v) is 2.27. The van der Waals surface area contributed by atoms with Crippen molar-refractivity contribution < 1.29 is 14.3 Å². The molecule has 0 bridgehead atoms. The largest absolute Gasteiger partial charge is 0.497 e. The summed E-state index contributed by atoms with van der Waals surface area (Å²) in [4.78, 5) is 16.3. The lowest BCUT2D eigenvalue weighted by Crippen LogP contribution is -2.48. The van der Waals surface area contributed by atoms with Crippen molar-refractivity contribution in [1.82, 2.24) is 4.90 Å². The summed E-state index contributed by atoms with van der Waals surface area (Å²) in [5.74, 6) is 0.774. The van der Waals surface area contributed by atoms with Crippen LogP contribution in [0.4, 0.5) is 10.5 Å². The summed E-state index contributed by atoms with van der Waals surface area (Å²) >= 11 is 0. The Bertz CT molecular complexity index is 444. The van der Waals surface area contributed by atoms with Crippen LogP contribution in [0, 0.1) is 0 Å². The van der Waals surface area contributed by atoms with E-state index < -0.39 is 0 Å². The van der Waals surface area contributed by atoms with Gasteiger partial charge in [0.05, 0.1) is 20.3 Å². The van der Waals surface area contributed by atoms with Crippen LogP contribution in [-0.4, -0.2) is 57.4 Å². The van der Waals surface area contributed by atoms with Crippen molar-refractivity contribution in [2.75, 3.05) is 51.4 Å². The zero-order valence-electron chi connectivity index (χ0n) is 12.5. The van der Waals surface area contributed by atoms with Gasteiger partial charge in [0, 0.05) is 25.3 Å². The molecule has 2 rings (SSSR count). The molecule has 1 aromatic carbocycles. The van der Waals surface area contributed by atoms with Crippen LogP contribution >= 0.6 is 0 Å². The Hall–Kier alpha value is -1.79. The van der Waals surface area contributed by atoms with Crippen LogP contribution in [-0.2, 0) is 4.74 Å². The molecule has 1 aliphatic heterocycles. The number of rotatable bonds is 5. The van der Waals surface area contributed by atoms with E-state index in [9.17, 15) is 4.79 Å². The molecule has 2 N–H and O–H groups in total. The summed E-state index contributed by atoms with van der Waals surface area (Å²) < 4.78 is 10.5. The van der Waals surface area contributed by atoms with Gasteiger partial charge < -0.3 is 20.1 Å². The van der Waals surface area contributed by atoms with Gasteiger partial charge in [0.25, 0.3) is 0 Å². The molecule has 1 saturated heterocycles. The standard InChI is InChI=1S/C15H23N3O3/c1-20-14-5-3-13(4-6-14)18(8-2-7-16)15(19)17-9-11-21-12-10-17/h3-6H,2,7-12,16H2,1H3. The lowest BCUT2D eigenvalue weighted by molar-refractivity contribution is 0.0548. The lowest BCUT2D eigenvalue weighted by atomic mass is 10.2. The molecule has 0 atom stereocenters. The smallest absolute Gasteiger partial charge is 0.324 e. The average molecular weight is 293 g/mol. The third kappa shape index (κ3) is 4.09. The number of carbonyl (C=O) groups is 1. The van der Waals surface area contributed by atoms with Crippen LogP contribution in [0.25, 0.3) is 0 Å². The summed E-state index contributed by atoms with van der Waals surface area (Å²) in [6.07, 6.45) is 0.766. The molecule has 2 amide bonds. The van der Waals surface area contributed by atoms with Crippen LogP contribution in [0.15, 0.2) is 24.3 Å². The summed E-state index contributed by atoms with van der Waals surface area (Å²) in [5.41, 5.74) is 6.45. The van der Waals surface area contributed by atoms with E-state index in [0.29, 0.717) is 39.4 Å². The second-order valence-corrected chi connectivity index (χ2v) is 4.87. The first-order valence-electron chi connectivity index (χ1n) is 7.24. The van der Waals surface area contributed by atoms with Crippen molar-refractivity contribution in [1.29, 1.82) is 0 Å². The van der Waals surface area contributed by atoms with Gasteiger partial charge in [0.15, 0.2) is 0 Å². The van der Waals surface area contributed by atoms with E-state index in [-0.39, 0.29) is 6.03 Å². The number of nitrogens with two attached hydrogens (primary N) is 1. The first-order valence-corrected chi connectivity index (χ1v) is 7.24. The van der Waals surface area contributed by atoms with Crippen molar-refractivity contribution >= 4 is 11.7 Å². The number of methoxy groups -OCH3 is 1. The average Bonchev–Trinajstić information content (AvgIpc) is 2.56. The third-order valence-electron chi connectivity index (χ3n) is 3.48. The summed E-state index contributed by atoms with van der Waals surface area (Å²) in [7, 11) is 1.63. The molecular weight excluding hydrogens is 270 g/mol. The van der Waals surface area contributed by atoms with Gasteiger partial charge in [-0.2, -0.15) is 0 Å².